The Hall–Kier alpha value is -0.570. The van der Waals surface area contributed by atoms with Crippen LogP contribution in [0.2, 0.25) is 0 Å². The van der Waals surface area contributed by atoms with Gasteiger partial charge in [0.15, 0.2) is 0 Å². The van der Waals surface area contributed by atoms with Crippen LogP contribution in [0, 0.1) is 0 Å². The van der Waals surface area contributed by atoms with Gasteiger partial charge in [0.2, 0.25) is 0 Å². The van der Waals surface area contributed by atoms with Crippen LogP contribution in [0.1, 0.15) is 64.2 Å². The summed E-state index contributed by atoms with van der Waals surface area (Å²) in [6.45, 7) is 0. The van der Waals surface area contributed by atoms with Crippen LogP contribution in [-0.2, 0) is 4.74 Å². The van der Waals surface area contributed by atoms with E-state index in [1.54, 1.807) is 7.11 Å². The molecular weight excluding hydrogens is 202 g/mol. The largest absolute Gasteiger partial charge is 0.411 e. The molecule has 94 valence electrons. The van der Waals surface area contributed by atoms with Gasteiger partial charge in [0.05, 0.1) is 11.8 Å². The zero-order valence-electron chi connectivity index (χ0n) is 10.5. The van der Waals surface area contributed by atoms with E-state index in [4.69, 9.17) is 9.94 Å². The summed E-state index contributed by atoms with van der Waals surface area (Å²) in [6.07, 6.45) is 12.1. The van der Waals surface area contributed by atoms with E-state index in [9.17, 15) is 0 Å². The fourth-order valence-electron chi connectivity index (χ4n) is 2.39. The number of ether oxygens (including phenoxy) is 1. The summed E-state index contributed by atoms with van der Waals surface area (Å²) in [6, 6.07) is 0. The number of oxime groups is 1. The van der Waals surface area contributed by atoms with Gasteiger partial charge in [-0.15, -0.1) is 0 Å². The van der Waals surface area contributed by atoms with Crippen LogP contribution in [0.25, 0.3) is 0 Å². The second kappa shape index (κ2) is 8.57. The lowest BCUT2D eigenvalue weighted by Crippen LogP contribution is -2.23. The molecule has 1 unspecified atom stereocenters. The van der Waals surface area contributed by atoms with Gasteiger partial charge in [0.25, 0.3) is 0 Å². The van der Waals surface area contributed by atoms with E-state index >= 15 is 0 Å². The molecule has 0 saturated heterocycles. The van der Waals surface area contributed by atoms with Gasteiger partial charge in [0.1, 0.15) is 0 Å². The first-order valence-electron chi connectivity index (χ1n) is 6.62. The van der Waals surface area contributed by atoms with E-state index < -0.39 is 0 Å². The Morgan fingerprint density at radius 1 is 1.00 bits per heavy atom. The SMILES string of the molecule is COC1CCCCCCCCCC/C1=N\O. The van der Waals surface area contributed by atoms with E-state index in [2.05, 4.69) is 5.16 Å². The van der Waals surface area contributed by atoms with Crippen LogP contribution in [0.5, 0.6) is 0 Å². The van der Waals surface area contributed by atoms with Crippen molar-refractivity contribution in [3.63, 3.8) is 0 Å². The standard InChI is InChI=1S/C13H25NO2/c1-16-13-11-9-7-5-3-2-4-6-8-10-12(13)14-15/h13,15H,2-11H2,1H3/b14-12+. The molecule has 0 aliphatic heterocycles. The van der Waals surface area contributed by atoms with Gasteiger partial charge in [-0.3, -0.25) is 0 Å². The molecule has 0 amide bonds. The normalized spacial score (nSPS) is 28.3. The lowest BCUT2D eigenvalue weighted by molar-refractivity contribution is 0.139. The first-order chi connectivity index (χ1) is 7.88. The van der Waals surface area contributed by atoms with Gasteiger partial charge >= 0.3 is 0 Å². The molecule has 1 atom stereocenters. The molecule has 0 bridgehead atoms. The minimum absolute atomic E-state index is 0.0319. The van der Waals surface area contributed by atoms with Gasteiger partial charge in [-0.2, -0.15) is 0 Å². The first kappa shape index (κ1) is 13.5. The third kappa shape index (κ3) is 4.97. The second-order valence-corrected chi connectivity index (χ2v) is 4.68. The average Bonchev–Trinajstić information content (AvgIpc) is 2.30. The maximum atomic E-state index is 9.01. The number of hydrogen-bond acceptors (Lipinski definition) is 3. The van der Waals surface area contributed by atoms with E-state index in [1.807, 2.05) is 0 Å². The van der Waals surface area contributed by atoms with Crippen molar-refractivity contribution in [2.24, 2.45) is 5.16 Å². The van der Waals surface area contributed by atoms with E-state index in [1.165, 1.54) is 44.9 Å². The fourth-order valence-corrected chi connectivity index (χ4v) is 2.39. The highest BCUT2D eigenvalue weighted by Gasteiger charge is 2.15. The van der Waals surface area contributed by atoms with Crippen molar-refractivity contribution < 1.29 is 9.94 Å². The summed E-state index contributed by atoms with van der Waals surface area (Å²) < 4.78 is 5.41. The smallest absolute Gasteiger partial charge is 0.0985 e. The highest BCUT2D eigenvalue weighted by Crippen LogP contribution is 2.17. The molecule has 0 aromatic rings. The molecule has 1 aliphatic carbocycles. The molecule has 0 spiro atoms. The zero-order chi connectivity index (χ0) is 11.6. The molecule has 1 aliphatic rings. The summed E-state index contributed by atoms with van der Waals surface area (Å²) in [4.78, 5) is 0. The Kier molecular flexibility index (Phi) is 7.23. The van der Waals surface area contributed by atoms with Crippen LogP contribution in [-0.4, -0.2) is 24.1 Å². The van der Waals surface area contributed by atoms with Crippen LogP contribution >= 0.6 is 0 Å². The summed E-state index contributed by atoms with van der Waals surface area (Å²) in [5.74, 6) is 0. The Morgan fingerprint density at radius 3 is 2.12 bits per heavy atom. The van der Waals surface area contributed by atoms with Crippen LogP contribution in [0.4, 0.5) is 0 Å². The topological polar surface area (TPSA) is 41.8 Å². The molecule has 1 fully saturated rings. The lowest BCUT2D eigenvalue weighted by Gasteiger charge is -2.17. The van der Waals surface area contributed by atoms with Gasteiger partial charge in [-0.1, -0.05) is 50.1 Å². The van der Waals surface area contributed by atoms with Crippen molar-refractivity contribution in [1.82, 2.24) is 0 Å². The number of hydrogen-bond donors (Lipinski definition) is 1. The maximum Gasteiger partial charge on any atom is 0.0985 e. The highest BCUT2D eigenvalue weighted by atomic mass is 16.5. The Morgan fingerprint density at radius 2 is 1.56 bits per heavy atom. The van der Waals surface area contributed by atoms with Crippen molar-refractivity contribution in [1.29, 1.82) is 0 Å². The minimum atomic E-state index is 0.0319. The maximum absolute atomic E-state index is 9.01. The number of methoxy groups -OCH3 is 1. The molecule has 3 heteroatoms. The monoisotopic (exact) mass is 227 g/mol. The van der Waals surface area contributed by atoms with Crippen LogP contribution in [0.3, 0.4) is 0 Å². The molecule has 16 heavy (non-hydrogen) atoms. The van der Waals surface area contributed by atoms with Crippen molar-refractivity contribution in [3.05, 3.63) is 0 Å². The zero-order valence-corrected chi connectivity index (χ0v) is 10.5. The van der Waals surface area contributed by atoms with E-state index in [0.717, 1.165) is 25.0 Å². The third-order valence-electron chi connectivity index (χ3n) is 3.43. The summed E-state index contributed by atoms with van der Waals surface area (Å²) in [7, 11) is 1.71. The molecule has 0 radical (unpaired) electrons. The first-order valence-corrected chi connectivity index (χ1v) is 6.62. The Labute approximate surface area is 98.9 Å². The molecule has 0 aromatic carbocycles. The highest BCUT2D eigenvalue weighted by molar-refractivity contribution is 5.88. The van der Waals surface area contributed by atoms with Gasteiger partial charge < -0.3 is 9.94 Å². The predicted molar refractivity (Wildman–Crippen MR) is 66.2 cm³/mol. The molecule has 1 rings (SSSR count). The minimum Gasteiger partial charge on any atom is -0.411 e. The number of rotatable bonds is 1. The van der Waals surface area contributed by atoms with Gasteiger partial charge in [0, 0.05) is 7.11 Å². The molecule has 1 N–H and O–H groups in total. The van der Waals surface area contributed by atoms with Gasteiger partial charge in [-0.25, -0.2) is 0 Å². The molecular formula is C13H25NO2. The van der Waals surface area contributed by atoms with Crippen molar-refractivity contribution in [2.45, 2.75) is 70.3 Å². The molecule has 3 nitrogen and oxygen atoms in total. The van der Waals surface area contributed by atoms with Crippen molar-refractivity contribution >= 4 is 5.71 Å². The molecule has 1 saturated carbocycles. The average molecular weight is 227 g/mol. The Bertz CT molecular complexity index is 204. The van der Waals surface area contributed by atoms with Crippen LogP contribution < -0.4 is 0 Å². The van der Waals surface area contributed by atoms with Crippen LogP contribution in [0.15, 0.2) is 5.16 Å². The van der Waals surface area contributed by atoms with Gasteiger partial charge in [-0.05, 0) is 19.3 Å². The number of nitrogens with zero attached hydrogens (tertiary/aromatic N) is 1. The van der Waals surface area contributed by atoms with Crippen molar-refractivity contribution in [3.8, 4) is 0 Å². The van der Waals surface area contributed by atoms with Crippen molar-refractivity contribution in [2.75, 3.05) is 7.11 Å². The van der Waals surface area contributed by atoms with E-state index in [-0.39, 0.29) is 6.10 Å². The molecule has 0 aromatic heterocycles. The fraction of sp³-hybridized carbons (Fsp3) is 0.923. The Balaban J connectivity index is 2.45. The van der Waals surface area contributed by atoms with E-state index in [0.29, 0.717) is 0 Å². The predicted octanol–water partition coefficient (Wildman–Crippen LogP) is 3.75. The summed E-state index contributed by atoms with van der Waals surface area (Å²) in [5, 5.41) is 12.4. The summed E-state index contributed by atoms with van der Waals surface area (Å²) in [5.41, 5.74) is 0.836. The summed E-state index contributed by atoms with van der Waals surface area (Å²) >= 11 is 0. The second-order valence-electron chi connectivity index (χ2n) is 4.68. The molecule has 0 heterocycles. The quantitative estimate of drug-likeness (QED) is 0.547. The third-order valence-corrected chi connectivity index (χ3v) is 3.43. The lowest BCUT2D eigenvalue weighted by atomic mass is 9.98.